The maximum absolute atomic E-state index is 11.8. The van der Waals surface area contributed by atoms with Crippen LogP contribution in [0.3, 0.4) is 0 Å². The zero-order chi connectivity index (χ0) is 14.6. The number of amides is 2. The molecule has 0 bridgehead atoms. The number of carbonyl (C=O) groups is 2. The summed E-state index contributed by atoms with van der Waals surface area (Å²) in [5.41, 5.74) is 0.0195. The van der Waals surface area contributed by atoms with E-state index in [4.69, 9.17) is 11.6 Å². The van der Waals surface area contributed by atoms with Gasteiger partial charge in [0.15, 0.2) is 0 Å². The van der Waals surface area contributed by atoms with E-state index in [0.717, 1.165) is 4.68 Å². The Labute approximate surface area is 115 Å². The molecule has 0 spiro atoms. The average molecular weight is 286 g/mol. The molecule has 2 heterocycles. The Morgan fingerprint density at radius 3 is 2.58 bits per heavy atom. The van der Waals surface area contributed by atoms with Crippen LogP contribution in [0, 0.1) is 6.92 Å². The lowest BCUT2D eigenvalue weighted by Gasteiger charge is -2.21. The maximum Gasteiger partial charge on any atom is 0.286 e. The van der Waals surface area contributed by atoms with E-state index in [1.165, 1.54) is 6.07 Å². The minimum Gasteiger partial charge on any atom is -0.295 e. The maximum atomic E-state index is 11.8. The summed E-state index contributed by atoms with van der Waals surface area (Å²) >= 11 is 5.74. The van der Waals surface area contributed by atoms with Crippen molar-refractivity contribution in [2.45, 2.75) is 39.7 Å². The molecule has 1 atom stereocenters. The Morgan fingerprint density at radius 2 is 2.00 bits per heavy atom. The Kier molecular flexibility index (Phi) is 5.23. The van der Waals surface area contributed by atoms with Gasteiger partial charge in [0.1, 0.15) is 11.1 Å². The quantitative estimate of drug-likeness (QED) is 0.787. The Bertz CT molecular complexity index is 554. The number of nitrogens with one attached hydrogen (secondary N) is 1. The van der Waals surface area contributed by atoms with Gasteiger partial charge in [-0.2, -0.15) is 5.10 Å². The molecule has 104 valence electrons. The van der Waals surface area contributed by atoms with E-state index in [9.17, 15) is 14.4 Å². The van der Waals surface area contributed by atoms with Crippen LogP contribution in [0.25, 0.3) is 0 Å². The summed E-state index contributed by atoms with van der Waals surface area (Å²) in [6.07, 6.45) is 0.452. The number of aryl methyl sites for hydroxylation is 1. The van der Waals surface area contributed by atoms with Crippen molar-refractivity contribution in [1.29, 1.82) is 0 Å². The van der Waals surface area contributed by atoms with Gasteiger partial charge in [-0.15, -0.1) is 0 Å². The molecule has 2 amide bonds. The summed E-state index contributed by atoms with van der Waals surface area (Å²) in [5.74, 6) is -0.851. The van der Waals surface area contributed by atoms with Gasteiger partial charge in [0.25, 0.3) is 11.5 Å². The lowest BCUT2D eigenvalue weighted by molar-refractivity contribution is -0.136. The van der Waals surface area contributed by atoms with Crippen molar-refractivity contribution in [1.82, 2.24) is 15.1 Å². The fraction of sp³-hybridized carbons (Fsp3) is 0.500. The molecule has 0 saturated carbocycles. The van der Waals surface area contributed by atoms with Crippen LogP contribution in [0.5, 0.6) is 0 Å². The Balaban J connectivity index is 0.000000861. The van der Waals surface area contributed by atoms with Gasteiger partial charge in [0, 0.05) is 6.42 Å². The summed E-state index contributed by atoms with van der Waals surface area (Å²) in [6.45, 7) is 5.67. The Morgan fingerprint density at radius 1 is 1.37 bits per heavy atom. The molecule has 1 aromatic heterocycles. The standard InChI is InChI=1S/C10H10ClN3O3.C2H6/c1-5-4-6(11)10(17)14(13-5)7-2-3-8(15)12-9(7)16;1-2/h4,7H,2-3H2,1H3,(H,12,15,16);1-2H3. The second-order valence-corrected chi connectivity index (χ2v) is 4.26. The van der Waals surface area contributed by atoms with Crippen molar-refractivity contribution in [2.75, 3.05) is 0 Å². The predicted octanol–water partition coefficient (Wildman–Crippen LogP) is 1.21. The molecule has 1 N–H and O–H groups in total. The molecule has 19 heavy (non-hydrogen) atoms. The lowest BCUT2D eigenvalue weighted by atomic mass is 10.1. The van der Waals surface area contributed by atoms with Crippen LogP contribution in [0.4, 0.5) is 0 Å². The highest BCUT2D eigenvalue weighted by Gasteiger charge is 2.30. The summed E-state index contributed by atoms with van der Waals surface area (Å²) in [7, 11) is 0. The van der Waals surface area contributed by atoms with Crippen molar-refractivity contribution in [3.05, 3.63) is 27.1 Å². The highest BCUT2D eigenvalue weighted by atomic mass is 35.5. The number of hydrogen-bond acceptors (Lipinski definition) is 4. The fourth-order valence-electron chi connectivity index (χ4n) is 1.73. The second-order valence-electron chi connectivity index (χ2n) is 3.85. The topological polar surface area (TPSA) is 81.1 Å². The van der Waals surface area contributed by atoms with Crippen molar-refractivity contribution >= 4 is 23.4 Å². The van der Waals surface area contributed by atoms with E-state index >= 15 is 0 Å². The number of hydrogen-bond donors (Lipinski definition) is 1. The highest BCUT2D eigenvalue weighted by Crippen LogP contribution is 2.16. The van der Waals surface area contributed by atoms with Crippen molar-refractivity contribution in [3.8, 4) is 0 Å². The molecular formula is C12H16ClN3O3. The molecule has 6 nitrogen and oxygen atoms in total. The Hall–Kier alpha value is -1.69. The zero-order valence-corrected chi connectivity index (χ0v) is 11.8. The van der Waals surface area contributed by atoms with Gasteiger partial charge in [-0.3, -0.25) is 19.7 Å². The number of rotatable bonds is 1. The number of carbonyl (C=O) groups excluding carboxylic acids is 2. The summed E-state index contributed by atoms with van der Waals surface area (Å²) in [6, 6.07) is 0.671. The van der Waals surface area contributed by atoms with Gasteiger partial charge in [0.05, 0.1) is 5.69 Å². The molecule has 1 unspecified atom stereocenters. The van der Waals surface area contributed by atoms with Crippen molar-refractivity contribution in [2.24, 2.45) is 0 Å². The summed E-state index contributed by atoms with van der Waals surface area (Å²) < 4.78 is 1.04. The van der Waals surface area contributed by atoms with E-state index in [-0.39, 0.29) is 23.8 Å². The SMILES string of the molecule is CC.Cc1cc(Cl)c(=O)n(C2CCC(=O)NC2=O)n1. The normalized spacial score (nSPS) is 18.4. The molecule has 1 aliphatic heterocycles. The number of piperidine rings is 1. The molecule has 1 saturated heterocycles. The molecule has 2 rings (SSSR count). The number of nitrogens with zero attached hydrogens (tertiary/aromatic N) is 2. The van der Waals surface area contributed by atoms with Crippen LogP contribution in [0.1, 0.15) is 38.4 Å². The number of halogens is 1. The van der Waals surface area contributed by atoms with E-state index in [2.05, 4.69) is 10.4 Å². The number of imide groups is 1. The third-order valence-corrected chi connectivity index (χ3v) is 2.79. The minimum atomic E-state index is -0.766. The zero-order valence-electron chi connectivity index (χ0n) is 11.1. The fourth-order valence-corrected chi connectivity index (χ4v) is 1.97. The van der Waals surface area contributed by atoms with E-state index in [1.54, 1.807) is 6.92 Å². The van der Waals surface area contributed by atoms with E-state index in [1.807, 2.05) is 13.8 Å². The monoisotopic (exact) mass is 285 g/mol. The molecule has 0 aromatic carbocycles. The van der Waals surface area contributed by atoms with Crippen LogP contribution in [-0.4, -0.2) is 21.6 Å². The van der Waals surface area contributed by atoms with Gasteiger partial charge < -0.3 is 0 Å². The molecular weight excluding hydrogens is 270 g/mol. The van der Waals surface area contributed by atoms with Gasteiger partial charge >= 0.3 is 0 Å². The first-order valence-corrected chi connectivity index (χ1v) is 6.46. The third-order valence-electron chi connectivity index (χ3n) is 2.52. The molecule has 1 aromatic rings. The predicted molar refractivity (Wildman–Crippen MR) is 71.0 cm³/mol. The molecule has 0 aliphatic carbocycles. The van der Waals surface area contributed by atoms with E-state index in [0.29, 0.717) is 5.69 Å². The third kappa shape index (κ3) is 3.41. The van der Waals surface area contributed by atoms with Crippen LogP contribution in [-0.2, 0) is 9.59 Å². The lowest BCUT2D eigenvalue weighted by Crippen LogP contribution is -2.45. The first-order valence-electron chi connectivity index (χ1n) is 6.08. The summed E-state index contributed by atoms with van der Waals surface area (Å²) in [5, 5.41) is 6.17. The van der Waals surface area contributed by atoms with Gasteiger partial charge in [-0.05, 0) is 19.4 Å². The number of aromatic nitrogens is 2. The average Bonchev–Trinajstić information content (AvgIpc) is 2.37. The van der Waals surface area contributed by atoms with Gasteiger partial charge in [-0.25, -0.2) is 4.68 Å². The first kappa shape index (κ1) is 15.4. The molecule has 0 radical (unpaired) electrons. The van der Waals surface area contributed by atoms with Gasteiger partial charge in [0.2, 0.25) is 5.91 Å². The van der Waals surface area contributed by atoms with Crippen molar-refractivity contribution < 1.29 is 9.59 Å². The minimum absolute atomic E-state index is 0.0159. The first-order chi connectivity index (χ1) is 8.99. The second kappa shape index (κ2) is 6.47. The van der Waals surface area contributed by atoms with Gasteiger partial charge in [-0.1, -0.05) is 25.4 Å². The van der Waals surface area contributed by atoms with E-state index < -0.39 is 17.5 Å². The van der Waals surface area contributed by atoms with Crippen LogP contribution in [0.15, 0.2) is 10.9 Å². The molecule has 7 heteroatoms. The van der Waals surface area contributed by atoms with Crippen LogP contribution < -0.4 is 10.9 Å². The highest BCUT2D eigenvalue weighted by molar-refractivity contribution is 6.30. The van der Waals surface area contributed by atoms with Crippen LogP contribution in [0.2, 0.25) is 5.02 Å². The molecule has 1 aliphatic rings. The van der Waals surface area contributed by atoms with Crippen molar-refractivity contribution in [3.63, 3.8) is 0 Å². The largest absolute Gasteiger partial charge is 0.295 e. The molecule has 1 fully saturated rings. The summed E-state index contributed by atoms with van der Waals surface area (Å²) in [4.78, 5) is 34.4. The smallest absolute Gasteiger partial charge is 0.286 e. The van der Waals surface area contributed by atoms with Crippen LogP contribution >= 0.6 is 11.6 Å².